The Bertz CT molecular complexity index is 1480. The lowest BCUT2D eigenvalue weighted by Gasteiger charge is -2.65. The molecule has 0 aromatic heterocycles. The number of hydrogen-bond acceptors (Lipinski definition) is 15. The summed E-state index contributed by atoms with van der Waals surface area (Å²) in [5.74, 6) is -4.99. The van der Waals surface area contributed by atoms with Crippen molar-refractivity contribution in [3.8, 4) is 0 Å². The number of allylic oxidation sites excluding steroid dienone is 1. The lowest BCUT2D eigenvalue weighted by atomic mass is 9.38. The smallest absolute Gasteiger partial charge is 0.335 e. The van der Waals surface area contributed by atoms with Crippen molar-refractivity contribution in [3.63, 3.8) is 0 Å². The van der Waals surface area contributed by atoms with Crippen molar-refractivity contribution in [2.75, 3.05) is 27.4 Å². The number of fused-ring (bicyclic) bond motifs is 11. The van der Waals surface area contributed by atoms with Crippen molar-refractivity contribution >= 4 is 17.9 Å². The highest BCUT2D eigenvalue weighted by atomic mass is 16.8. The number of ether oxygens (including phenoxy) is 8. The first-order chi connectivity index (χ1) is 22.6. The van der Waals surface area contributed by atoms with Crippen LogP contribution in [0.4, 0.5) is 0 Å². The topological polar surface area (TPSA) is 206 Å². The van der Waals surface area contributed by atoms with Crippen LogP contribution in [-0.4, -0.2) is 132 Å². The molecule has 8 rings (SSSR count). The van der Waals surface area contributed by atoms with E-state index in [0.29, 0.717) is 5.57 Å². The van der Waals surface area contributed by atoms with Crippen LogP contribution < -0.4 is 0 Å². The van der Waals surface area contributed by atoms with Gasteiger partial charge in [0.2, 0.25) is 0 Å². The van der Waals surface area contributed by atoms with Gasteiger partial charge in [0.15, 0.2) is 18.7 Å². The van der Waals surface area contributed by atoms with Gasteiger partial charge in [0.1, 0.15) is 28.3 Å². The molecule has 5 aliphatic heterocycles. The minimum atomic E-state index is -1.95. The van der Waals surface area contributed by atoms with Crippen LogP contribution in [0.15, 0.2) is 11.6 Å². The molecular formula is C33H44O15. The number of carbonyl (C=O) groups is 3. The average Bonchev–Trinajstić information content (AvgIpc) is 3.81. The van der Waals surface area contributed by atoms with Gasteiger partial charge < -0.3 is 58.3 Å². The second kappa shape index (κ2) is 9.98. The highest BCUT2D eigenvalue weighted by Crippen LogP contribution is 2.79. The van der Waals surface area contributed by atoms with Crippen molar-refractivity contribution in [3.05, 3.63) is 11.6 Å². The Kier molecular flexibility index (Phi) is 6.85. The molecular weight excluding hydrogens is 636 g/mol. The summed E-state index contributed by atoms with van der Waals surface area (Å²) in [4.78, 5) is 40.9. The summed E-state index contributed by atoms with van der Waals surface area (Å²) in [6, 6.07) is 0. The number of aliphatic hydroxyl groups is 4. The minimum Gasteiger partial charge on any atom is -0.468 e. The quantitative estimate of drug-likeness (QED) is 0.161. The molecule has 0 unspecified atom stereocenters. The van der Waals surface area contributed by atoms with Crippen LogP contribution in [0.5, 0.6) is 0 Å². The fourth-order valence-electron chi connectivity index (χ4n) is 12.2. The van der Waals surface area contributed by atoms with Gasteiger partial charge in [-0.2, -0.15) is 0 Å². The van der Waals surface area contributed by atoms with Crippen molar-refractivity contribution in [1.82, 2.24) is 0 Å². The molecule has 15 heteroatoms. The first-order valence-corrected chi connectivity index (χ1v) is 16.6. The third-order valence-corrected chi connectivity index (χ3v) is 14.2. The minimum absolute atomic E-state index is 0.147. The van der Waals surface area contributed by atoms with Crippen LogP contribution in [0.2, 0.25) is 0 Å². The largest absolute Gasteiger partial charge is 0.468 e. The maximum atomic E-state index is 14.1. The van der Waals surface area contributed by atoms with Gasteiger partial charge in [-0.05, 0) is 27.2 Å². The van der Waals surface area contributed by atoms with E-state index >= 15 is 0 Å². The van der Waals surface area contributed by atoms with Crippen LogP contribution in [0.25, 0.3) is 0 Å². The maximum Gasteiger partial charge on any atom is 0.335 e. The van der Waals surface area contributed by atoms with Gasteiger partial charge in [0.25, 0.3) is 0 Å². The van der Waals surface area contributed by atoms with E-state index in [1.165, 1.54) is 14.2 Å². The van der Waals surface area contributed by atoms with Crippen LogP contribution >= 0.6 is 0 Å². The monoisotopic (exact) mass is 680 g/mol. The van der Waals surface area contributed by atoms with Crippen molar-refractivity contribution in [2.45, 2.75) is 113 Å². The highest BCUT2D eigenvalue weighted by molar-refractivity contribution is 5.88. The molecule has 15 nitrogen and oxygen atoms in total. The van der Waals surface area contributed by atoms with E-state index in [1.807, 2.05) is 0 Å². The zero-order chi connectivity index (χ0) is 34.6. The zero-order valence-corrected chi connectivity index (χ0v) is 27.7. The van der Waals surface area contributed by atoms with Crippen LogP contribution in [-0.2, 0) is 52.3 Å². The van der Waals surface area contributed by atoms with Gasteiger partial charge in [-0.15, -0.1) is 0 Å². The molecule has 8 fully saturated rings. The van der Waals surface area contributed by atoms with Gasteiger partial charge in [-0.1, -0.05) is 13.0 Å². The Hall–Kier alpha value is -2.21. The second-order valence-electron chi connectivity index (χ2n) is 15.5. The van der Waals surface area contributed by atoms with Gasteiger partial charge in [-0.25, -0.2) is 9.59 Å². The summed E-state index contributed by atoms with van der Waals surface area (Å²) in [6.45, 7) is 6.20. The van der Waals surface area contributed by atoms with Crippen molar-refractivity contribution < 1.29 is 72.7 Å². The molecule has 3 saturated carbocycles. The molecule has 266 valence electrons. The summed E-state index contributed by atoms with van der Waals surface area (Å²) < 4.78 is 48.3. The van der Waals surface area contributed by atoms with Crippen molar-refractivity contribution in [2.24, 2.45) is 34.0 Å². The van der Waals surface area contributed by atoms with Crippen LogP contribution in [0.1, 0.15) is 47.0 Å². The molecule has 4 N–H and O–H groups in total. The predicted octanol–water partition coefficient (Wildman–Crippen LogP) is -0.899. The van der Waals surface area contributed by atoms with Crippen molar-refractivity contribution in [1.29, 1.82) is 0 Å². The fraction of sp³-hybridized carbons (Fsp3) is 0.848. The molecule has 0 aromatic rings. The van der Waals surface area contributed by atoms with E-state index in [-0.39, 0.29) is 32.5 Å². The Labute approximate surface area is 276 Å². The molecule has 0 aromatic carbocycles. The Morgan fingerprint density at radius 1 is 0.958 bits per heavy atom. The standard InChI is InChI=1S/C33H44O15/c1-7-13(2)24(36)45-16-9-15(34)30-11-44-20(25(37)41-5)21(30)28(3)23(19-22(30)31(16,12-43-19)26(38)42-6)48-29(4)14-8-17(33(28,29)40)46-27-32(14,39)10-18(35)47-27/h7,14-23,27,34-35,39-40H,8-12H2,1-6H3/b13-7+/t14-,15+,16-,17+,18+,19-,20+,21+,22-,23-,27+,28+,29-,30-,31+,32+,33+/m1/s1. The summed E-state index contributed by atoms with van der Waals surface area (Å²) in [7, 11) is 2.43. The third-order valence-electron chi connectivity index (χ3n) is 14.2. The van der Waals surface area contributed by atoms with E-state index in [9.17, 15) is 34.8 Å². The Balaban J connectivity index is 1.34. The molecule has 8 aliphatic rings. The summed E-state index contributed by atoms with van der Waals surface area (Å²) in [5, 5.41) is 48.1. The number of hydrogen-bond donors (Lipinski definition) is 4. The summed E-state index contributed by atoms with van der Waals surface area (Å²) in [5.41, 5.74) is -9.53. The second-order valence-corrected chi connectivity index (χ2v) is 15.5. The lowest BCUT2D eigenvalue weighted by molar-refractivity contribution is -0.307. The molecule has 0 radical (unpaired) electrons. The predicted molar refractivity (Wildman–Crippen MR) is 155 cm³/mol. The van der Waals surface area contributed by atoms with Gasteiger partial charge in [0.05, 0.1) is 51.8 Å². The van der Waals surface area contributed by atoms with Gasteiger partial charge in [-0.3, -0.25) is 4.79 Å². The van der Waals surface area contributed by atoms with Gasteiger partial charge >= 0.3 is 17.9 Å². The summed E-state index contributed by atoms with van der Waals surface area (Å²) >= 11 is 0. The third kappa shape index (κ3) is 3.30. The number of esters is 3. The SMILES string of the molecule is C/C=C(\C)C(=O)O[C@@H]1C[C@H](O)[C@]23CO[C@H](C(=O)OC)[C@H]2[C@@]2(C)[C@H](O[C@]4(C)[C@H]5C[C@H](O[C@H]6O[C@H](O)C[C@@]65O)[C@]24O)[C@@H]2OC[C@@]1(C(=O)OC)[C@H]23. The van der Waals surface area contributed by atoms with E-state index < -0.39 is 118 Å². The molecule has 3 aliphatic carbocycles. The first kappa shape index (κ1) is 33.0. The number of rotatable bonds is 4. The molecule has 0 amide bonds. The molecule has 5 saturated heterocycles. The molecule has 17 atom stereocenters. The highest BCUT2D eigenvalue weighted by Gasteiger charge is 2.92. The van der Waals surface area contributed by atoms with E-state index in [2.05, 4.69) is 0 Å². The fourth-order valence-corrected chi connectivity index (χ4v) is 12.2. The molecule has 2 bridgehead atoms. The Morgan fingerprint density at radius 2 is 1.69 bits per heavy atom. The van der Waals surface area contributed by atoms with Crippen LogP contribution in [0.3, 0.4) is 0 Å². The zero-order valence-electron chi connectivity index (χ0n) is 27.7. The molecule has 1 spiro atoms. The molecule has 48 heavy (non-hydrogen) atoms. The number of methoxy groups -OCH3 is 2. The molecule has 5 heterocycles. The van der Waals surface area contributed by atoms with E-state index in [4.69, 9.17) is 37.9 Å². The normalized spacial score (nSPS) is 57.2. The number of aliphatic hydroxyl groups excluding tert-OH is 2. The number of carbonyl (C=O) groups excluding carboxylic acids is 3. The summed E-state index contributed by atoms with van der Waals surface area (Å²) in [6.07, 6.45) is -8.13. The Morgan fingerprint density at radius 3 is 2.35 bits per heavy atom. The first-order valence-electron chi connectivity index (χ1n) is 16.6. The van der Waals surface area contributed by atoms with Crippen LogP contribution in [0, 0.1) is 34.0 Å². The average molecular weight is 681 g/mol. The van der Waals surface area contributed by atoms with Gasteiger partial charge in [0, 0.05) is 47.0 Å². The lowest BCUT2D eigenvalue weighted by Crippen LogP contribution is -2.77. The van der Waals surface area contributed by atoms with E-state index in [1.54, 1.807) is 33.8 Å². The van der Waals surface area contributed by atoms with E-state index in [0.717, 1.165) is 0 Å². The maximum absolute atomic E-state index is 14.1.